The van der Waals surface area contributed by atoms with Crippen LogP contribution < -0.4 is 4.74 Å². The standard InChI is InChI=1S/C12H16O3/c1-8-5-3-4-6-10(8)15-11-7-9(13)12(11)14-2/h3-6,9,11-13H,7H2,1-2H3. The highest BCUT2D eigenvalue weighted by molar-refractivity contribution is 5.32. The molecule has 0 saturated heterocycles. The molecular formula is C12H16O3. The lowest BCUT2D eigenvalue weighted by Crippen LogP contribution is -2.54. The molecule has 0 spiro atoms. The molecule has 3 heteroatoms. The minimum absolute atomic E-state index is 0.0221. The molecule has 0 aromatic heterocycles. The molecule has 0 heterocycles. The van der Waals surface area contributed by atoms with Crippen molar-refractivity contribution in [1.82, 2.24) is 0 Å². The van der Waals surface area contributed by atoms with Crippen molar-refractivity contribution in [3.05, 3.63) is 29.8 Å². The smallest absolute Gasteiger partial charge is 0.130 e. The summed E-state index contributed by atoms with van der Waals surface area (Å²) >= 11 is 0. The molecule has 82 valence electrons. The van der Waals surface area contributed by atoms with Crippen molar-refractivity contribution in [2.75, 3.05) is 7.11 Å². The van der Waals surface area contributed by atoms with Gasteiger partial charge < -0.3 is 14.6 Å². The molecule has 2 rings (SSSR count). The maximum Gasteiger partial charge on any atom is 0.130 e. The molecule has 1 aromatic rings. The Morgan fingerprint density at radius 2 is 2.07 bits per heavy atom. The van der Waals surface area contributed by atoms with Gasteiger partial charge in [-0.1, -0.05) is 18.2 Å². The Bertz CT molecular complexity index is 337. The molecule has 0 aliphatic heterocycles. The van der Waals surface area contributed by atoms with E-state index in [0.717, 1.165) is 11.3 Å². The van der Waals surface area contributed by atoms with E-state index < -0.39 is 0 Å². The Morgan fingerprint density at radius 3 is 2.67 bits per heavy atom. The number of aliphatic hydroxyl groups excluding tert-OH is 1. The first-order valence-corrected chi connectivity index (χ1v) is 5.15. The van der Waals surface area contributed by atoms with Gasteiger partial charge in [-0.2, -0.15) is 0 Å². The molecule has 1 aliphatic rings. The zero-order valence-corrected chi connectivity index (χ0v) is 9.01. The van der Waals surface area contributed by atoms with Gasteiger partial charge in [0.05, 0.1) is 6.10 Å². The van der Waals surface area contributed by atoms with Crippen molar-refractivity contribution < 1.29 is 14.6 Å². The summed E-state index contributed by atoms with van der Waals surface area (Å²) in [6.45, 7) is 2.01. The summed E-state index contributed by atoms with van der Waals surface area (Å²) in [5, 5.41) is 9.42. The Balaban J connectivity index is 2.01. The third-order valence-corrected chi connectivity index (χ3v) is 2.86. The third-order valence-electron chi connectivity index (χ3n) is 2.86. The Hall–Kier alpha value is -1.06. The van der Waals surface area contributed by atoms with Gasteiger partial charge in [0.1, 0.15) is 18.0 Å². The minimum atomic E-state index is -0.385. The van der Waals surface area contributed by atoms with E-state index in [4.69, 9.17) is 9.47 Å². The highest BCUT2D eigenvalue weighted by Gasteiger charge is 2.42. The minimum Gasteiger partial charge on any atom is -0.487 e. The fourth-order valence-corrected chi connectivity index (χ4v) is 1.83. The molecule has 1 N–H and O–H groups in total. The van der Waals surface area contributed by atoms with Gasteiger partial charge >= 0.3 is 0 Å². The molecule has 0 bridgehead atoms. The lowest BCUT2D eigenvalue weighted by Gasteiger charge is -2.40. The summed E-state index contributed by atoms with van der Waals surface area (Å²) in [4.78, 5) is 0. The fraction of sp³-hybridized carbons (Fsp3) is 0.500. The maximum atomic E-state index is 9.42. The van der Waals surface area contributed by atoms with Crippen LogP contribution in [-0.2, 0) is 4.74 Å². The fourth-order valence-electron chi connectivity index (χ4n) is 1.83. The number of rotatable bonds is 3. The zero-order chi connectivity index (χ0) is 10.8. The second kappa shape index (κ2) is 4.21. The van der Waals surface area contributed by atoms with Crippen molar-refractivity contribution in [2.24, 2.45) is 0 Å². The topological polar surface area (TPSA) is 38.7 Å². The van der Waals surface area contributed by atoms with E-state index in [-0.39, 0.29) is 18.3 Å². The summed E-state index contributed by atoms with van der Waals surface area (Å²) < 4.78 is 10.9. The predicted molar refractivity (Wildman–Crippen MR) is 57.0 cm³/mol. The van der Waals surface area contributed by atoms with Crippen LogP contribution in [0, 0.1) is 6.92 Å². The molecule has 3 unspecified atom stereocenters. The summed E-state index contributed by atoms with van der Waals surface area (Å²) in [5.74, 6) is 0.872. The van der Waals surface area contributed by atoms with Crippen molar-refractivity contribution in [2.45, 2.75) is 31.7 Å². The molecule has 15 heavy (non-hydrogen) atoms. The van der Waals surface area contributed by atoms with Crippen LogP contribution in [0.4, 0.5) is 0 Å². The van der Waals surface area contributed by atoms with Crippen LogP contribution in [0.5, 0.6) is 5.75 Å². The largest absolute Gasteiger partial charge is 0.487 e. The first-order valence-electron chi connectivity index (χ1n) is 5.15. The molecule has 1 fully saturated rings. The van der Waals surface area contributed by atoms with Gasteiger partial charge in [-0.3, -0.25) is 0 Å². The second-order valence-corrected chi connectivity index (χ2v) is 3.93. The molecule has 3 nitrogen and oxygen atoms in total. The van der Waals surface area contributed by atoms with Crippen molar-refractivity contribution in [1.29, 1.82) is 0 Å². The Labute approximate surface area is 89.6 Å². The summed E-state index contributed by atoms with van der Waals surface area (Å²) in [7, 11) is 1.60. The molecule has 1 aromatic carbocycles. The van der Waals surface area contributed by atoms with Gasteiger partial charge in [-0.25, -0.2) is 0 Å². The van der Waals surface area contributed by atoms with Crippen LogP contribution in [0.25, 0.3) is 0 Å². The van der Waals surface area contributed by atoms with Gasteiger partial charge in [0, 0.05) is 13.5 Å². The maximum absolute atomic E-state index is 9.42. The quantitative estimate of drug-likeness (QED) is 0.818. The number of benzene rings is 1. The third kappa shape index (κ3) is 1.98. The number of ether oxygens (including phenoxy) is 2. The number of para-hydroxylation sites is 1. The van der Waals surface area contributed by atoms with Crippen LogP contribution >= 0.6 is 0 Å². The predicted octanol–water partition coefficient (Wildman–Crippen LogP) is 1.52. The highest BCUT2D eigenvalue weighted by Crippen LogP contribution is 2.29. The molecule has 0 radical (unpaired) electrons. The van der Waals surface area contributed by atoms with Crippen LogP contribution in [-0.4, -0.2) is 30.5 Å². The summed E-state index contributed by atoms with van der Waals surface area (Å²) in [6, 6.07) is 7.86. The van der Waals surface area contributed by atoms with E-state index in [0.29, 0.717) is 6.42 Å². The van der Waals surface area contributed by atoms with Gasteiger partial charge in [0.25, 0.3) is 0 Å². The molecule has 1 saturated carbocycles. The first kappa shape index (κ1) is 10.5. The lowest BCUT2D eigenvalue weighted by atomic mass is 9.88. The van der Waals surface area contributed by atoms with Gasteiger partial charge in [-0.15, -0.1) is 0 Å². The average molecular weight is 208 g/mol. The van der Waals surface area contributed by atoms with E-state index in [2.05, 4.69) is 0 Å². The van der Waals surface area contributed by atoms with Crippen LogP contribution in [0.3, 0.4) is 0 Å². The molecule has 0 amide bonds. The lowest BCUT2D eigenvalue weighted by molar-refractivity contribution is -0.149. The normalized spacial score (nSPS) is 29.7. The molecule has 1 aliphatic carbocycles. The second-order valence-electron chi connectivity index (χ2n) is 3.93. The number of hydrogen-bond acceptors (Lipinski definition) is 3. The number of aliphatic hydroxyl groups is 1. The van der Waals surface area contributed by atoms with Gasteiger partial charge in [0.2, 0.25) is 0 Å². The molecule has 3 atom stereocenters. The van der Waals surface area contributed by atoms with Crippen LogP contribution in [0.2, 0.25) is 0 Å². The molecular weight excluding hydrogens is 192 g/mol. The van der Waals surface area contributed by atoms with Crippen LogP contribution in [0.1, 0.15) is 12.0 Å². The van der Waals surface area contributed by atoms with E-state index in [1.165, 1.54) is 0 Å². The highest BCUT2D eigenvalue weighted by atomic mass is 16.6. The number of methoxy groups -OCH3 is 1. The zero-order valence-electron chi connectivity index (χ0n) is 9.01. The van der Waals surface area contributed by atoms with Crippen molar-refractivity contribution >= 4 is 0 Å². The first-order chi connectivity index (χ1) is 7.22. The monoisotopic (exact) mass is 208 g/mol. The number of aryl methyl sites for hydroxylation is 1. The van der Waals surface area contributed by atoms with E-state index in [9.17, 15) is 5.11 Å². The van der Waals surface area contributed by atoms with E-state index in [1.54, 1.807) is 7.11 Å². The van der Waals surface area contributed by atoms with Crippen molar-refractivity contribution in [3.8, 4) is 5.75 Å². The number of hydrogen-bond donors (Lipinski definition) is 1. The Kier molecular flexibility index (Phi) is 2.93. The summed E-state index contributed by atoms with van der Waals surface area (Å²) in [6.07, 6.45) is 0.0482. The van der Waals surface area contributed by atoms with Gasteiger partial charge in [-0.05, 0) is 18.6 Å². The van der Waals surface area contributed by atoms with E-state index in [1.807, 2.05) is 31.2 Å². The Morgan fingerprint density at radius 1 is 1.33 bits per heavy atom. The van der Waals surface area contributed by atoms with Gasteiger partial charge in [0.15, 0.2) is 0 Å². The summed E-state index contributed by atoms with van der Waals surface area (Å²) in [5.41, 5.74) is 1.11. The van der Waals surface area contributed by atoms with Crippen molar-refractivity contribution in [3.63, 3.8) is 0 Å². The van der Waals surface area contributed by atoms with E-state index >= 15 is 0 Å². The average Bonchev–Trinajstić information content (AvgIpc) is 2.20. The SMILES string of the molecule is COC1C(O)CC1Oc1ccccc1C. The van der Waals surface area contributed by atoms with Crippen LogP contribution in [0.15, 0.2) is 24.3 Å².